The summed E-state index contributed by atoms with van der Waals surface area (Å²) in [6, 6.07) is 14.6. The van der Waals surface area contributed by atoms with Crippen molar-refractivity contribution in [1.29, 1.82) is 0 Å². The molecule has 0 heterocycles. The van der Waals surface area contributed by atoms with Gasteiger partial charge in [0.1, 0.15) is 6.04 Å². The summed E-state index contributed by atoms with van der Waals surface area (Å²) in [5.74, 6) is -0.313. The molecule has 6 heteroatoms. The summed E-state index contributed by atoms with van der Waals surface area (Å²) in [5.41, 5.74) is 1.90. The van der Waals surface area contributed by atoms with E-state index in [0.29, 0.717) is 16.3 Å². The minimum absolute atomic E-state index is 0.129. The van der Waals surface area contributed by atoms with E-state index in [-0.39, 0.29) is 17.9 Å². The average Bonchev–Trinajstić information content (AvgIpc) is 2.79. The smallest absolute Gasteiger partial charge is 0.253 e. The molecule has 1 aliphatic rings. The van der Waals surface area contributed by atoms with Gasteiger partial charge in [0.15, 0.2) is 0 Å². The minimum Gasteiger partial charge on any atom is -0.349 e. The number of amides is 2. The van der Waals surface area contributed by atoms with Gasteiger partial charge < -0.3 is 10.6 Å². The van der Waals surface area contributed by atoms with Gasteiger partial charge in [-0.2, -0.15) is 0 Å². The van der Waals surface area contributed by atoms with Crippen molar-refractivity contribution >= 4 is 29.1 Å². The quantitative estimate of drug-likeness (QED) is 0.574. The van der Waals surface area contributed by atoms with Crippen LogP contribution in [0.2, 0.25) is 5.02 Å². The normalized spacial score (nSPS) is 15.5. The highest BCUT2D eigenvalue weighted by Crippen LogP contribution is 2.26. The van der Waals surface area contributed by atoms with Crippen molar-refractivity contribution in [2.75, 3.05) is 18.4 Å². The fraction of sp³-hybridized carbons (Fsp3) is 0.440. The number of anilines is 1. The predicted octanol–water partition coefficient (Wildman–Crippen LogP) is 5.42. The highest BCUT2D eigenvalue weighted by molar-refractivity contribution is 6.34. The first-order valence-corrected chi connectivity index (χ1v) is 11.6. The molecule has 2 N–H and O–H groups in total. The van der Waals surface area contributed by atoms with Gasteiger partial charge >= 0.3 is 0 Å². The summed E-state index contributed by atoms with van der Waals surface area (Å²) in [7, 11) is 0. The molecule has 166 valence electrons. The maximum Gasteiger partial charge on any atom is 0.253 e. The molecule has 1 saturated carbocycles. The van der Waals surface area contributed by atoms with Crippen LogP contribution in [-0.2, 0) is 4.79 Å². The number of likely N-dealkylation sites (N-methyl/N-ethyl adjacent to an activating group) is 1. The van der Waals surface area contributed by atoms with Crippen molar-refractivity contribution in [3.8, 4) is 0 Å². The van der Waals surface area contributed by atoms with Crippen molar-refractivity contribution in [3.05, 3.63) is 64.7 Å². The minimum atomic E-state index is -0.411. The Bertz CT molecular complexity index is 878. The summed E-state index contributed by atoms with van der Waals surface area (Å²) in [6.07, 6.45) is 5.51. The third kappa shape index (κ3) is 6.08. The van der Waals surface area contributed by atoms with E-state index in [1.807, 2.05) is 44.2 Å². The standard InChI is InChI=1S/C25H32ClN3O2/c1-3-29(4-2)23(18-11-7-5-8-12-18)25(31)28-20-15-16-22(26)21(17-20)24(30)27-19-13-9-6-10-14-19/h5,7-8,11-12,15-17,19,23H,3-4,6,9-10,13-14H2,1-2H3,(H,27,30)(H,28,31). The molecule has 2 aromatic carbocycles. The fourth-order valence-corrected chi connectivity index (χ4v) is 4.45. The molecule has 2 amide bonds. The van der Waals surface area contributed by atoms with Crippen molar-refractivity contribution in [2.24, 2.45) is 0 Å². The van der Waals surface area contributed by atoms with Gasteiger partial charge in [-0.25, -0.2) is 0 Å². The lowest BCUT2D eigenvalue weighted by molar-refractivity contribution is -0.121. The van der Waals surface area contributed by atoms with E-state index < -0.39 is 6.04 Å². The van der Waals surface area contributed by atoms with Crippen LogP contribution in [0.25, 0.3) is 0 Å². The predicted molar refractivity (Wildman–Crippen MR) is 127 cm³/mol. The van der Waals surface area contributed by atoms with Gasteiger partial charge in [-0.1, -0.05) is 75.0 Å². The van der Waals surface area contributed by atoms with Crippen LogP contribution in [0.1, 0.15) is 67.9 Å². The van der Waals surface area contributed by atoms with Crippen LogP contribution in [0, 0.1) is 0 Å². The maximum absolute atomic E-state index is 13.3. The number of nitrogens with one attached hydrogen (secondary N) is 2. The van der Waals surface area contributed by atoms with E-state index in [2.05, 4.69) is 15.5 Å². The molecule has 0 aromatic heterocycles. The Morgan fingerprint density at radius 2 is 1.71 bits per heavy atom. The topological polar surface area (TPSA) is 61.4 Å². The number of hydrogen-bond donors (Lipinski definition) is 2. The number of nitrogens with zero attached hydrogens (tertiary/aromatic N) is 1. The van der Waals surface area contributed by atoms with E-state index in [9.17, 15) is 9.59 Å². The first-order chi connectivity index (χ1) is 15.0. The van der Waals surface area contributed by atoms with Crippen LogP contribution >= 0.6 is 11.6 Å². The summed E-state index contributed by atoms with van der Waals surface area (Å²) in [5, 5.41) is 6.48. The molecule has 0 bridgehead atoms. The van der Waals surface area contributed by atoms with E-state index in [0.717, 1.165) is 44.3 Å². The zero-order chi connectivity index (χ0) is 22.2. The van der Waals surface area contributed by atoms with E-state index in [1.54, 1.807) is 18.2 Å². The van der Waals surface area contributed by atoms with Crippen LogP contribution < -0.4 is 10.6 Å². The number of halogens is 1. The van der Waals surface area contributed by atoms with Crippen molar-refractivity contribution < 1.29 is 9.59 Å². The molecular weight excluding hydrogens is 410 g/mol. The van der Waals surface area contributed by atoms with Gasteiger partial charge in [0.25, 0.3) is 5.91 Å². The SMILES string of the molecule is CCN(CC)C(C(=O)Nc1ccc(Cl)c(C(=O)NC2CCCCC2)c1)c1ccccc1. The highest BCUT2D eigenvalue weighted by atomic mass is 35.5. The Morgan fingerprint density at radius 3 is 2.35 bits per heavy atom. The molecule has 31 heavy (non-hydrogen) atoms. The van der Waals surface area contributed by atoms with E-state index in [4.69, 9.17) is 11.6 Å². The second kappa shape index (κ2) is 11.3. The molecule has 1 fully saturated rings. The van der Waals surface area contributed by atoms with E-state index in [1.165, 1.54) is 6.42 Å². The maximum atomic E-state index is 13.3. The average molecular weight is 442 g/mol. The van der Waals surface area contributed by atoms with Crippen LogP contribution in [-0.4, -0.2) is 35.8 Å². The Balaban J connectivity index is 1.78. The number of benzene rings is 2. The molecular formula is C25H32ClN3O2. The second-order valence-electron chi connectivity index (χ2n) is 8.03. The first kappa shape index (κ1) is 23.3. The number of hydrogen-bond acceptors (Lipinski definition) is 3. The Kier molecular flexibility index (Phi) is 8.50. The molecule has 1 atom stereocenters. The van der Waals surface area contributed by atoms with Crippen molar-refractivity contribution in [1.82, 2.24) is 10.2 Å². The molecule has 0 spiro atoms. The van der Waals surface area contributed by atoms with Crippen molar-refractivity contribution in [2.45, 2.75) is 58.0 Å². The van der Waals surface area contributed by atoms with Gasteiger partial charge in [-0.3, -0.25) is 14.5 Å². The largest absolute Gasteiger partial charge is 0.349 e. The number of carbonyl (C=O) groups is 2. The van der Waals surface area contributed by atoms with Gasteiger partial charge in [0.05, 0.1) is 10.6 Å². The van der Waals surface area contributed by atoms with Crippen molar-refractivity contribution in [3.63, 3.8) is 0 Å². The van der Waals surface area contributed by atoms with Crippen LogP contribution in [0.3, 0.4) is 0 Å². The summed E-state index contributed by atoms with van der Waals surface area (Å²) >= 11 is 6.32. The summed E-state index contributed by atoms with van der Waals surface area (Å²) < 4.78 is 0. The van der Waals surface area contributed by atoms with Gasteiger partial charge in [-0.15, -0.1) is 0 Å². The molecule has 0 aliphatic heterocycles. The lowest BCUT2D eigenvalue weighted by Gasteiger charge is -2.29. The van der Waals surface area contributed by atoms with Crippen LogP contribution in [0.4, 0.5) is 5.69 Å². The molecule has 0 radical (unpaired) electrons. The monoisotopic (exact) mass is 441 g/mol. The van der Waals surface area contributed by atoms with Gasteiger partial charge in [0, 0.05) is 11.7 Å². The van der Waals surface area contributed by atoms with Gasteiger partial charge in [-0.05, 0) is 49.7 Å². The number of carbonyl (C=O) groups excluding carboxylic acids is 2. The number of rotatable bonds is 8. The molecule has 5 nitrogen and oxygen atoms in total. The van der Waals surface area contributed by atoms with Gasteiger partial charge in [0.2, 0.25) is 5.91 Å². The molecule has 2 aromatic rings. The molecule has 0 saturated heterocycles. The third-order valence-electron chi connectivity index (χ3n) is 5.96. The lowest BCUT2D eigenvalue weighted by atomic mass is 9.95. The van der Waals surface area contributed by atoms with Crippen LogP contribution in [0.5, 0.6) is 0 Å². The van der Waals surface area contributed by atoms with E-state index >= 15 is 0 Å². The zero-order valence-electron chi connectivity index (χ0n) is 18.4. The zero-order valence-corrected chi connectivity index (χ0v) is 19.1. The highest BCUT2D eigenvalue weighted by Gasteiger charge is 2.26. The molecule has 1 unspecified atom stereocenters. The lowest BCUT2D eigenvalue weighted by Crippen LogP contribution is -2.37. The molecule has 3 rings (SSSR count). The summed E-state index contributed by atoms with van der Waals surface area (Å²) in [4.78, 5) is 28.2. The molecule has 1 aliphatic carbocycles. The fourth-order valence-electron chi connectivity index (χ4n) is 4.25. The Morgan fingerprint density at radius 1 is 1.03 bits per heavy atom. The Hall–Kier alpha value is -2.37. The second-order valence-corrected chi connectivity index (χ2v) is 8.43. The first-order valence-electron chi connectivity index (χ1n) is 11.2. The van der Waals surface area contributed by atoms with Crippen LogP contribution in [0.15, 0.2) is 48.5 Å². The Labute approximate surface area is 190 Å². The third-order valence-corrected chi connectivity index (χ3v) is 6.29. The summed E-state index contributed by atoms with van der Waals surface area (Å²) in [6.45, 7) is 5.59.